The van der Waals surface area contributed by atoms with E-state index in [-0.39, 0.29) is 105 Å². The molecule has 0 heterocycles. The average molecular weight is 321 g/mol. The van der Waals surface area contributed by atoms with Gasteiger partial charge in [0.25, 0.3) is 0 Å². The maximum atomic E-state index is 8.88. The first-order valence-electron chi connectivity index (χ1n) is 0.783. The molecule has 0 spiro atoms. The molecule has 0 fully saturated rings. The largest absolute Gasteiger partial charge is 1.00 e. The van der Waals surface area contributed by atoms with E-state index < -0.39 is 7.82 Å². The third-order valence-corrected chi connectivity index (χ3v) is 0. The van der Waals surface area contributed by atoms with Crippen molar-refractivity contribution >= 4 is 7.82 Å². The van der Waals surface area contributed by atoms with Crippen LogP contribution in [0.2, 0.25) is 0 Å². The summed E-state index contributed by atoms with van der Waals surface area (Å²) in [6.45, 7) is 0. The Balaban J connectivity index is -0.0000000133. The molecule has 0 aromatic rings. The van der Waals surface area contributed by atoms with Crippen molar-refractivity contribution in [3.05, 3.63) is 0 Å². The van der Waals surface area contributed by atoms with Gasteiger partial charge in [-0.15, -0.1) is 0 Å². The first kappa shape index (κ1) is 22.5. The molecule has 0 aliphatic rings. The van der Waals surface area contributed by atoms with Crippen LogP contribution in [-0.4, -0.2) is 14.7 Å². The molecule has 0 saturated heterocycles. The molecule has 8 heavy (non-hydrogen) atoms. The van der Waals surface area contributed by atoms with Crippen molar-refractivity contribution in [3.63, 3.8) is 0 Å². The fourth-order valence-corrected chi connectivity index (χ4v) is 0. The van der Waals surface area contributed by atoms with E-state index in [1.807, 2.05) is 0 Å². The van der Waals surface area contributed by atoms with Crippen molar-refractivity contribution in [3.8, 4) is 0 Å². The second-order valence-electron chi connectivity index (χ2n) is 0.513. The van der Waals surface area contributed by atoms with E-state index in [4.69, 9.17) is 19.2 Å². The van der Waals surface area contributed by atoms with E-state index in [2.05, 4.69) is 0 Å². The summed E-state index contributed by atoms with van der Waals surface area (Å²) in [5.41, 5.74) is 0. The van der Waals surface area contributed by atoms with Gasteiger partial charge in [-0.2, -0.15) is 0 Å². The quantitative estimate of drug-likeness (QED) is 0.316. The van der Waals surface area contributed by atoms with Crippen LogP contribution < -0.4 is 51.4 Å². The molecular weight excluding hydrogens is 317 g/mol. The molecule has 0 rings (SSSR count). The van der Waals surface area contributed by atoms with Crippen LogP contribution in [0.3, 0.4) is 0 Å². The minimum Gasteiger partial charge on any atom is -1.00 e. The SMILES string of the molecule is O=P(O)(O)O.[H-].[K+].[Zr].[Zr]. The smallest absolute Gasteiger partial charge is 1.00 e. The molecule has 0 saturated carbocycles. The third kappa shape index (κ3) is 55.9. The van der Waals surface area contributed by atoms with Crippen molar-refractivity contribution in [2.75, 3.05) is 0 Å². The molecule has 0 atom stereocenters. The predicted molar refractivity (Wildman–Crippen MR) is 15.4 cm³/mol. The van der Waals surface area contributed by atoms with Crippen LogP contribution in [0, 0.1) is 0 Å². The van der Waals surface area contributed by atoms with Crippen molar-refractivity contribution in [1.82, 2.24) is 0 Å². The van der Waals surface area contributed by atoms with Gasteiger partial charge in [0.15, 0.2) is 0 Å². The standard InChI is InChI=1S/K.H3O4P.2Zr.H/c;1-5(2,3)4;;;/h;(H3,1,2,3,4);;;/q+1;;;;-1. The van der Waals surface area contributed by atoms with Crippen molar-refractivity contribution < 1.29 is 124 Å². The number of hydrogen-bond donors (Lipinski definition) is 3. The first-order valence-corrected chi connectivity index (χ1v) is 2.35. The van der Waals surface area contributed by atoms with Crippen LogP contribution >= 0.6 is 7.82 Å². The van der Waals surface area contributed by atoms with E-state index in [1.165, 1.54) is 0 Å². The molecule has 0 bridgehead atoms. The van der Waals surface area contributed by atoms with Gasteiger partial charge in [-0.3, -0.25) is 0 Å². The second-order valence-corrected chi connectivity index (χ2v) is 1.54. The fraction of sp³-hybridized carbons (Fsp3) is 0. The third-order valence-electron chi connectivity index (χ3n) is 0. The predicted octanol–water partition coefficient (Wildman–Crippen LogP) is -3.82. The molecule has 0 aliphatic carbocycles. The van der Waals surface area contributed by atoms with Gasteiger partial charge in [0, 0.05) is 52.4 Å². The monoisotopic (exact) mass is 318 g/mol. The minimum absolute atomic E-state index is 0. The van der Waals surface area contributed by atoms with Crippen LogP contribution in [0.15, 0.2) is 0 Å². The summed E-state index contributed by atoms with van der Waals surface area (Å²) in [5, 5.41) is 0. The summed E-state index contributed by atoms with van der Waals surface area (Å²) < 4.78 is 8.88. The van der Waals surface area contributed by atoms with Crippen molar-refractivity contribution in [2.45, 2.75) is 0 Å². The van der Waals surface area contributed by atoms with Gasteiger partial charge in [0.05, 0.1) is 0 Å². The topological polar surface area (TPSA) is 77.8 Å². The Kier molecular flexibility index (Phi) is 29.6. The number of phosphoric acid groups is 1. The summed E-state index contributed by atoms with van der Waals surface area (Å²) in [6, 6.07) is 0. The first-order chi connectivity index (χ1) is 2.00. The van der Waals surface area contributed by atoms with Crippen LogP contribution in [0.5, 0.6) is 0 Å². The molecule has 0 aromatic carbocycles. The Morgan fingerprint density at radius 1 is 1.12 bits per heavy atom. The van der Waals surface area contributed by atoms with Crippen molar-refractivity contribution in [1.29, 1.82) is 0 Å². The van der Waals surface area contributed by atoms with E-state index in [0.717, 1.165) is 0 Å². The molecule has 42 valence electrons. The Bertz CT molecular complexity index is 64.7. The van der Waals surface area contributed by atoms with E-state index in [9.17, 15) is 0 Å². The zero-order valence-electron chi connectivity index (χ0n) is 5.20. The van der Waals surface area contributed by atoms with Gasteiger partial charge < -0.3 is 16.1 Å². The summed E-state index contributed by atoms with van der Waals surface area (Å²) >= 11 is 0. The molecule has 3 N–H and O–H groups in total. The number of hydrogen-bond acceptors (Lipinski definition) is 1. The van der Waals surface area contributed by atoms with Gasteiger partial charge in [-0.1, -0.05) is 0 Å². The maximum Gasteiger partial charge on any atom is 1.00 e. The van der Waals surface area contributed by atoms with E-state index in [0.29, 0.717) is 0 Å². The van der Waals surface area contributed by atoms with Gasteiger partial charge >= 0.3 is 59.2 Å². The van der Waals surface area contributed by atoms with Crippen LogP contribution in [0.25, 0.3) is 0 Å². The molecule has 0 radical (unpaired) electrons. The zero-order valence-corrected chi connectivity index (χ0v) is 13.1. The Morgan fingerprint density at radius 2 is 1.12 bits per heavy atom. The van der Waals surface area contributed by atoms with Gasteiger partial charge in [-0.05, 0) is 0 Å². The van der Waals surface area contributed by atoms with E-state index in [1.54, 1.807) is 0 Å². The van der Waals surface area contributed by atoms with E-state index >= 15 is 0 Å². The summed E-state index contributed by atoms with van der Waals surface area (Å²) in [5.74, 6) is 0. The summed E-state index contributed by atoms with van der Waals surface area (Å²) in [6.07, 6.45) is 0. The van der Waals surface area contributed by atoms with Gasteiger partial charge in [-0.25, -0.2) is 4.57 Å². The fourth-order valence-electron chi connectivity index (χ4n) is 0. The Morgan fingerprint density at radius 3 is 1.12 bits per heavy atom. The van der Waals surface area contributed by atoms with Crippen LogP contribution in [0.4, 0.5) is 0 Å². The molecule has 0 unspecified atom stereocenters. The maximum absolute atomic E-state index is 8.88. The Labute approximate surface area is 129 Å². The second kappa shape index (κ2) is 10.5. The molecule has 0 amide bonds. The molecule has 8 heteroatoms. The number of rotatable bonds is 0. The molecule has 0 aromatic heterocycles. The van der Waals surface area contributed by atoms with Crippen LogP contribution in [-0.2, 0) is 57.0 Å². The molecular formula is H4KO4PZr2. The summed E-state index contributed by atoms with van der Waals surface area (Å²) in [4.78, 5) is 21.6. The van der Waals surface area contributed by atoms with Gasteiger partial charge in [0.1, 0.15) is 0 Å². The van der Waals surface area contributed by atoms with Crippen molar-refractivity contribution in [2.24, 2.45) is 0 Å². The molecule has 0 aliphatic heterocycles. The molecule has 4 nitrogen and oxygen atoms in total. The van der Waals surface area contributed by atoms with Crippen LogP contribution in [0.1, 0.15) is 1.43 Å². The summed E-state index contributed by atoms with van der Waals surface area (Å²) in [7, 11) is -4.64. The Hall–Kier alpha value is 3.51. The van der Waals surface area contributed by atoms with Gasteiger partial charge in [0.2, 0.25) is 0 Å². The normalized spacial score (nSPS) is 7.38. The average Bonchev–Trinajstić information content (AvgIpc) is 0.722. The minimum atomic E-state index is -4.64. The zero-order chi connectivity index (χ0) is 4.50.